The van der Waals surface area contributed by atoms with Gasteiger partial charge < -0.3 is 10.8 Å². The van der Waals surface area contributed by atoms with Crippen LogP contribution in [0.15, 0.2) is 0 Å². The maximum Gasteiger partial charge on any atom is 0.307 e. The van der Waals surface area contributed by atoms with E-state index in [4.69, 9.17) is 10.8 Å². The number of aliphatic hydroxyl groups excluding tert-OH is 1. The number of ketones is 1. The summed E-state index contributed by atoms with van der Waals surface area (Å²) in [5, 5.41) is 8.63. The SMILES string of the molecule is CC(C)(CN)CC(C)(C)C(=O)F.CC(C)CC(C)(C)C(=O)CO. The lowest BCUT2D eigenvalue weighted by Crippen LogP contribution is -2.33. The summed E-state index contributed by atoms with van der Waals surface area (Å²) in [6.45, 7) is 15.1. The van der Waals surface area contributed by atoms with Gasteiger partial charge in [0.05, 0.1) is 5.41 Å². The standard InChI is InChI=1S/C9H18FNO.C9H18O2/c1-8(2,6-11)5-9(3,4)7(10)12;1-7(2)5-9(3,4)8(11)6-10/h5-6,11H2,1-4H3;7,10H,5-6H2,1-4H3. The van der Waals surface area contributed by atoms with Gasteiger partial charge >= 0.3 is 6.04 Å². The Balaban J connectivity index is 0. The summed E-state index contributed by atoms with van der Waals surface area (Å²) < 4.78 is 12.5. The second-order valence-corrected chi connectivity index (χ2v) is 8.77. The van der Waals surface area contributed by atoms with E-state index in [2.05, 4.69) is 13.8 Å². The van der Waals surface area contributed by atoms with Gasteiger partial charge in [0.1, 0.15) is 6.61 Å². The van der Waals surface area contributed by atoms with E-state index >= 15 is 0 Å². The second kappa shape index (κ2) is 9.48. The number of Topliss-reactive ketones (excluding diaryl/α,β-unsaturated/α-hetero) is 1. The molecule has 0 spiro atoms. The van der Waals surface area contributed by atoms with Crippen molar-refractivity contribution in [3.8, 4) is 0 Å². The van der Waals surface area contributed by atoms with Crippen LogP contribution in [-0.2, 0) is 9.59 Å². The zero-order valence-corrected chi connectivity index (χ0v) is 16.1. The van der Waals surface area contributed by atoms with Gasteiger partial charge in [-0.15, -0.1) is 0 Å². The predicted molar refractivity (Wildman–Crippen MR) is 92.7 cm³/mol. The summed E-state index contributed by atoms with van der Waals surface area (Å²) in [4.78, 5) is 21.7. The topological polar surface area (TPSA) is 80.4 Å². The van der Waals surface area contributed by atoms with Crippen molar-refractivity contribution in [2.45, 2.75) is 68.2 Å². The fraction of sp³-hybridized carbons (Fsp3) is 0.889. The number of halogens is 1. The average molecular weight is 333 g/mol. The van der Waals surface area contributed by atoms with E-state index in [9.17, 15) is 14.0 Å². The molecular formula is C18H36FNO3. The molecule has 0 aromatic rings. The van der Waals surface area contributed by atoms with Gasteiger partial charge in [-0.2, -0.15) is 4.39 Å². The molecule has 0 aliphatic carbocycles. The molecule has 138 valence electrons. The van der Waals surface area contributed by atoms with Gasteiger partial charge in [-0.3, -0.25) is 9.59 Å². The Bertz CT molecular complexity index is 388. The highest BCUT2D eigenvalue weighted by Gasteiger charge is 2.34. The molecule has 0 radical (unpaired) electrons. The molecule has 0 atom stereocenters. The van der Waals surface area contributed by atoms with Crippen LogP contribution < -0.4 is 5.73 Å². The van der Waals surface area contributed by atoms with Crippen molar-refractivity contribution in [3.05, 3.63) is 0 Å². The largest absolute Gasteiger partial charge is 0.389 e. The number of carbonyl (C=O) groups is 2. The summed E-state index contributed by atoms with van der Waals surface area (Å²) in [6, 6.07) is -1.26. The zero-order chi connectivity index (χ0) is 19.1. The molecule has 0 aromatic carbocycles. The molecule has 0 aliphatic heterocycles. The number of carbonyl (C=O) groups excluding carboxylic acids is 2. The lowest BCUT2D eigenvalue weighted by Gasteiger charge is -2.30. The smallest absolute Gasteiger partial charge is 0.307 e. The number of aliphatic hydroxyl groups is 1. The van der Waals surface area contributed by atoms with Crippen molar-refractivity contribution in [2.24, 2.45) is 27.9 Å². The van der Waals surface area contributed by atoms with Crippen LogP contribution in [0.5, 0.6) is 0 Å². The normalized spacial score (nSPS) is 12.7. The molecule has 3 N–H and O–H groups in total. The van der Waals surface area contributed by atoms with Gasteiger partial charge in [0.2, 0.25) is 0 Å². The Morgan fingerprint density at radius 3 is 1.74 bits per heavy atom. The van der Waals surface area contributed by atoms with Crippen molar-refractivity contribution in [1.29, 1.82) is 0 Å². The molecule has 0 unspecified atom stereocenters. The van der Waals surface area contributed by atoms with Crippen molar-refractivity contribution in [1.82, 2.24) is 0 Å². The third-order valence-corrected chi connectivity index (χ3v) is 3.82. The van der Waals surface area contributed by atoms with Crippen molar-refractivity contribution < 1.29 is 19.1 Å². The summed E-state index contributed by atoms with van der Waals surface area (Å²) in [6.07, 6.45) is 1.32. The third-order valence-electron chi connectivity index (χ3n) is 3.82. The molecule has 0 rings (SSSR count). The van der Waals surface area contributed by atoms with Crippen LogP contribution in [0.2, 0.25) is 0 Å². The third kappa shape index (κ3) is 10.6. The van der Waals surface area contributed by atoms with E-state index < -0.39 is 11.5 Å². The van der Waals surface area contributed by atoms with E-state index in [-0.39, 0.29) is 23.2 Å². The van der Waals surface area contributed by atoms with E-state index in [0.29, 0.717) is 18.9 Å². The lowest BCUT2D eigenvalue weighted by molar-refractivity contribution is -0.140. The Kier molecular flexibility index (Phi) is 10.1. The fourth-order valence-electron chi connectivity index (χ4n) is 2.69. The van der Waals surface area contributed by atoms with Gasteiger partial charge in [0, 0.05) is 5.41 Å². The first kappa shape index (κ1) is 24.4. The molecule has 0 aromatic heterocycles. The molecule has 0 bridgehead atoms. The Morgan fingerprint density at radius 1 is 1.04 bits per heavy atom. The molecule has 0 aliphatic rings. The van der Waals surface area contributed by atoms with Gasteiger partial charge in [-0.05, 0) is 30.7 Å². The van der Waals surface area contributed by atoms with Crippen molar-refractivity contribution in [2.75, 3.05) is 13.2 Å². The second-order valence-electron chi connectivity index (χ2n) is 8.77. The first-order valence-electron chi connectivity index (χ1n) is 8.15. The first-order chi connectivity index (χ1) is 10.1. The summed E-state index contributed by atoms with van der Waals surface area (Å²) in [5.41, 5.74) is 4.05. The maximum atomic E-state index is 12.5. The van der Waals surface area contributed by atoms with Crippen LogP contribution in [-0.4, -0.2) is 30.1 Å². The fourth-order valence-corrected chi connectivity index (χ4v) is 2.69. The Hall–Kier alpha value is -0.810. The number of hydrogen-bond acceptors (Lipinski definition) is 4. The summed E-state index contributed by atoms with van der Waals surface area (Å²) in [7, 11) is 0. The van der Waals surface area contributed by atoms with Crippen molar-refractivity contribution in [3.63, 3.8) is 0 Å². The molecular weight excluding hydrogens is 297 g/mol. The van der Waals surface area contributed by atoms with Crippen LogP contribution in [0.1, 0.15) is 68.2 Å². The minimum atomic E-state index is -1.26. The minimum Gasteiger partial charge on any atom is -0.389 e. The van der Waals surface area contributed by atoms with Gasteiger partial charge in [0.15, 0.2) is 5.78 Å². The zero-order valence-electron chi connectivity index (χ0n) is 16.1. The van der Waals surface area contributed by atoms with Gasteiger partial charge in [-0.1, -0.05) is 55.4 Å². The Morgan fingerprint density at radius 2 is 1.48 bits per heavy atom. The predicted octanol–water partition coefficient (Wildman–Crippen LogP) is 3.50. The van der Waals surface area contributed by atoms with E-state index in [0.717, 1.165) is 6.42 Å². The Labute approximate surface area is 141 Å². The molecule has 23 heavy (non-hydrogen) atoms. The summed E-state index contributed by atoms with van der Waals surface area (Å²) >= 11 is 0. The van der Waals surface area contributed by atoms with Crippen LogP contribution in [0.25, 0.3) is 0 Å². The summed E-state index contributed by atoms with van der Waals surface area (Å²) in [5.74, 6) is 0.437. The molecule has 0 saturated carbocycles. The average Bonchev–Trinajstić information content (AvgIpc) is 2.35. The van der Waals surface area contributed by atoms with Crippen molar-refractivity contribution >= 4 is 11.8 Å². The quantitative estimate of drug-likeness (QED) is 0.666. The lowest BCUT2D eigenvalue weighted by atomic mass is 9.75. The molecule has 5 heteroatoms. The highest BCUT2D eigenvalue weighted by atomic mass is 19.1. The number of hydrogen-bond donors (Lipinski definition) is 2. The molecule has 4 nitrogen and oxygen atoms in total. The monoisotopic (exact) mass is 333 g/mol. The van der Waals surface area contributed by atoms with E-state index in [1.807, 2.05) is 27.7 Å². The molecule has 0 heterocycles. The minimum absolute atomic E-state index is 0.0637. The molecule has 0 saturated heterocycles. The highest BCUT2D eigenvalue weighted by molar-refractivity contribution is 5.84. The molecule has 0 amide bonds. The van der Waals surface area contributed by atoms with Crippen LogP contribution in [0.3, 0.4) is 0 Å². The molecule has 0 fully saturated rings. The first-order valence-corrected chi connectivity index (χ1v) is 8.15. The highest BCUT2D eigenvalue weighted by Crippen LogP contribution is 2.33. The van der Waals surface area contributed by atoms with Gasteiger partial charge in [0.25, 0.3) is 0 Å². The van der Waals surface area contributed by atoms with Gasteiger partial charge in [-0.25, -0.2) is 0 Å². The van der Waals surface area contributed by atoms with Crippen LogP contribution in [0.4, 0.5) is 4.39 Å². The van der Waals surface area contributed by atoms with Crippen LogP contribution >= 0.6 is 0 Å². The van der Waals surface area contributed by atoms with E-state index in [1.165, 1.54) is 0 Å². The number of rotatable bonds is 8. The van der Waals surface area contributed by atoms with E-state index in [1.54, 1.807) is 13.8 Å². The number of nitrogens with two attached hydrogens (primary N) is 1. The van der Waals surface area contributed by atoms with Crippen LogP contribution in [0, 0.1) is 22.2 Å². The maximum absolute atomic E-state index is 12.5.